The molecule has 0 aromatic heterocycles. The van der Waals surface area contributed by atoms with Gasteiger partial charge < -0.3 is 19.5 Å². The van der Waals surface area contributed by atoms with Crippen LogP contribution in [-0.2, 0) is 9.53 Å². The number of phenolic OH excluding ortho intramolecular Hbond substituents is 1. The van der Waals surface area contributed by atoms with Crippen molar-refractivity contribution in [3.8, 4) is 11.5 Å². The summed E-state index contributed by atoms with van der Waals surface area (Å²) in [5.74, 6) is 0.311. The van der Waals surface area contributed by atoms with Crippen molar-refractivity contribution in [3.63, 3.8) is 0 Å². The molecule has 2 aromatic rings. The molecule has 0 bridgehead atoms. The predicted octanol–water partition coefficient (Wildman–Crippen LogP) is 27.3. The zero-order valence-corrected chi connectivity index (χ0v) is 23.1. The van der Waals surface area contributed by atoms with E-state index in [4.69, 9.17) is 68.6 Å². The Labute approximate surface area is 374 Å². The molecule has 0 fully saturated rings. The average Bonchev–Trinajstić information content (AvgIpc) is 3.53. The largest absolute Gasteiger partial charge is 0.506 e. The summed E-state index contributed by atoms with van der Waals surface area (Å²) >= 11 is 0. The molecule has 0 aliphatic heterocycles. The highest BCUT2D eigenvalue weighted by Crippen LogP contribution is 2.37. The number of methoxy groups -OCH3 is 1. The fourth-order valence-electron chi connectivity index (χ4n) is 5.25. The predicted molar refractivity (Wildman–Crippen MR) is 328 cm³/mol. The maximum absolute atomic E-state index is 12.0. The number of aromatic hydroxyl groups is 1. The number of benzene rings is 2. The molecule has 35 heavy (non-hydrogen) atoms. The van der Waals surface area contributed by atoms with Gasteiger partial charge in [0.15, 0.2) is 0 Å². The number of ether oxygens (including phenoxy) is 2. The topological polar surface area (TPSA) is 62.2 Å². The number of nitrogens with zero attached hydrogens (tertiary/aromatic N) is 2. The molecule has 368 valence electrons. The van der Waals surface area contributed by atoms with Crippen molar-refractivity contribution in [2.75, 3.05) is 39.3 Å². The van der Waals surface area contributed by atoms with Crippen molar-refractivity contribution in [2.45, 2.75) is 73.0 Å². The quantitative estimate of drug-likeness (QED) is 0.253. The smallest absolute Gasteiger partial charge is 0.223 e. The lowest BCUT2D eigenvalue weighted by molar-refractivity contribution is -0.116. The van der Waals surface area contributed by atoms with Gasteiger partial charge in [0.25, 0.3) is 0 Å². The lowest BCUT2D eigenvalue weighted by Crippen LogP contribution is -2.39. The standard InChI is InChI=1S/C29H44N2O4.87H2/c1-11-25(21(6)28-18(3)15-23(35-12-2)16-19(28)4)30(8)17-27(34-10)24-13-14-26(33)29(20(24)5)31(9)22(7)32;;;;;;;;;;;;;;;;;;;;;;;;;;;;;;;;;;;;;;;;;;;;;;;;;;;;;;;;;;;;;;;;;;;;;;;;;;;;;;;;;;;;;;;/h13-16,21,25,27,33H,11-12,17H2,1-10H3;87*1H/t21?,25-,27+;;;;;;;;;;;;;;;;;;;;;;;;;;;;;;;;;;;;;;;;;;;;;;;;;;;;;;;;;;;;;;;;;;;;;;;;;;;;;;;;;;;;;;;/m1......................................................................................./s1/i15D,16D;19*1+1D;;;;;;;;;;;;;;;;;;;;;;;;;;;;;;;;;;;;;;;;;;;;;;;;;;;;;;;;;;;;;;;;;;;;. The number of amides is 1. The van der Waals surface area contributed by atoms with Crippen LogP contribution in [0, 0.1) is 20.8 Å². The van der Waals surface area contributed by atoms with Crippen LogP contribution in [0.25, 0.3) is 0 Å². The van der Waals surface area contributed by atoms with E-state index in [-0.39, 0.29) is 139 Å². The van der Waals surface area contributed by atoms with Crippen LogP contribution >= 0.6 is 0 Å². The van der Waals surface area contributed by atoms with E-state index in [1.165, 1.54) is 11.8 Å². The molecule has 0 radical (unpaired) electrons. The lowest BCUT2D eigenvalue weighted by atomic mass is 9.84. The van der Waals surface area contributed by atoms with Crippen molar-refractivity contribution in [3.05, 3.63) is 52.0 Å². The van der Waals surface area contributed by atoms with E-state index in [2.05, 4.69) is 25.8 Å². The monoisotopic (exact) mass is 700 g/mol. The van der Waals surface area contributed by atoms with Crippen molar-refractivity contribution in [1.29, 1.82) is 0 Å². The summed E-state index contributed by atoms with van der Waals surface area (Å²) in [6.07, 6.45) is 0.584. The third-order valence-corrected chi connectivity index (χ3v) is 7.06. The molecule has 3 atom stereocenters. The van der Waals surface area contributed by atoms with Gasteiger partial charge in [0.05, 0.1) is 21.1 Å². The van der Waals surface area contributed by atoms with Gasteiger partial charge in [-0.05, 0) is 93.0 Å². The first-order valence-corrected chi connectivity index (χ1v) is 12.4. The SMILES string of the molecule is [2H][2H].[2H][2H].[2H][2H].[2H][2H].[2H][2H].[2H][2H].[2H][2H].[2H][2H].[2H][2H].[2H][2H].[2H][2H].[2H][2H].[2H][2H].[2H][2H].[2H][2H].[2H][2H].[2H][2H].[2H][2H].[2H][2H].[2H]c1c(C)c(C(C)[C@@H](CC)N(C)C[C@H](OC)c2ccc(O)c(N(C)C(C)=O)c2C)c(C)c([2H])c1OCC.[HH].[HH].[HH].[HH].[HH].[HH].[HH].[HH].[HH].[HH].[HH].[HH].[HH].[HH].[HH].[HH].[HH].[HH].[HH].[HH].[HH].[HH].[HH].[HH].[HH].[HH].[HH].[HH].[HH].[HH].[HH].[HH].[HH].[HH].[HH].[HH].[HH].[HH].[HH].[HH].[HH].[HH].[HH].[HH].[HH].[HH].[HH].[HH].[HH].[HH].[HH].[HH].[HH].[HH].[HH].[HH].[HH].[HH].[HH].[HH].[HH].[HH].[HH].[HH].[HH].[HH].[HH].[HH]. The fraction of sp³-hybridized carbons (Fsp3) is 0.552. The molecule has 0 spiro atoms. The molecular formula is C29H218N2O4. The zero-order chi connectivity index (χ0) is 66.2. The van der Waals surface area contributed by atoms with Crippen LogP contribution in [0.4, 0.5) is 5.69 Å². The molecule has 0 saturated carbocycles. The summed E-state index contributed by atoms with van der Waals surface area (Å²) < 4.78 is 219. The second-order valence-electron chi connectivity index (χ2n) is 9.33. The fourth-order valence-corrected chi connectivity index (χ4v) is 5.25. The van der Waals surface area contributed by atoms with Crippen molar-refractivity contribution in [1.82, 2.24) is 4.90 Å². The Morgan fingerprint density at radius 2 is 1.83 bits per heavy atom. The zero-order valence-electron chi connectivity index (χ0n) is 63.1. The lowest BCUT2D eigenvalue weighted by Gasteiger charge is -2.36. The molecule has 2 rings (SSSR count). The molecule has 6 nitrogen and oxygen atoms in total. The Balaban J connectivity index is -0.00000000335. The number of hydrogen-bond donors (Lipinski definition) is 1. The van der Waals surface area contributed by atoms with E-state index in [0.29, 0.717) is 24.6 Å². The van der Waals surface area contributed by atoms with Crippen LogP contribution < -0.4 is 9.64 Å². The van der Waals surface area contributed by atoms with Crippen molar-refractivity contribution in [2.24, 2.45) is 0 Å². The van der Waals surface area contributed by atoms with Gasteiger partial charge in [-0.2, -0.15) is 0 Å². The molecule has 1 amide bonds. The van der Waals surface area contributed by atoms with E-state index in [9.17, 15) is 9.90 Å². The van der Waals surface area contributed by atoms with E-state index in [1.54, 1.807) is 20.2 Å². The highest BCUT2D eigenvalue weighted by Gasteiger charge is 2.28. The minimum atomic E-state index is -0.285. The maximum atomic E-state index is 12.0. The van der Waals surface area contributed by atoms with Crippen LogP contribution in [0.5, 0.6) is 11.5 Å². The van der Waals surface area contributed by atoms with Crippen molar-refractivity contribution >= 4 is 11.6 Å². The number of anilines is 1. The van der Waals surface area contributed by atoms with Gasteiger partial charge in [0, 0.05) is 187 Å². The van der Waals surface area contributed by atoms with E-state index >= 15 is 0 Å². The molecule has 6 heteroatoms. The first kappa shape index (κ1) is 10.8. The Hall–Kier alpha value is -2.57. The van der Waals surface area contributed by atoms with Gasteiger partial charge in [0.1, 0.15) is 11.5 Å². The number of carbonyl (C=O) groups excluding carboxylic acids is 1. The summed E-state index contributed by atoms with van der Waals surface area (Å²) in [6.45, 7) is 14.4. The number of hydrogen-bond acceptors (Lipinski definition) is 5. The Morgan fingerprint density at radius 3 is 2.31 bits per heavy atom. The van der Waals surface area contributed by atoms with Crippen LogP contribution in [0.15, 0.2) is 24.2 Å². The summed E-state index contributed by atoms with van der Waals surface area (Å²) in [7, 11) is 5.39. The first-order valence-electron chi connectivity index (χ1n) is 32.4. The van der Waals surface area contributed by atoms with E-state index < -0.39 is 0 Å². The summed E-state index contributed by atoms with van der Waals surface area (Å²) in [6, 6.07) is 4.17. The van der Waals surface area contributed by atoms with Crippen LogP contribution in [0.1, 0.15) is 230 Å². The number of phenols is 1. The second kappa shape index (κ2) is 12.4. The van der Waals surface area contributed by atoms with Gasteiger partial charge in [-0.25, -0.2) is 0 Å². The number of carbonyl (C=O) groups is 1. The molecule has 2 aromatic carbocycles. The minimum absolute atomic E-state index is 0. The highest BCUT2D eigenvalue weighted by atomic mass is 16.5. The Bertz CT molecular complexity index is 1200. The molecule has 0 aliphatic rings. The second-order valence-corrected chi connectivity index (χ2v) is 9.33. The molecule has 0 heterocycles. The van der Waals surface area contributed by atoms with Crippen LogP contribution in [0.2, 0.25) is 0 Å². The maximum Gasteiger partial charge on any atom is 0.223 e. The summed E-state index contributed by atoms with van der Waals surface area (Å²) in [5.41, 5.74) is 4.93. The molecule has 0 aliphatic carbocycles. The van der Waals surface area contributed by atoms with Crippen LogP contribution in [-0.4, -0.2) is 56.3 Å². The third-order valence-electron chi connectivity index (χ3n) is 7.06. The number of likely N-dealkylation sites (N-methyl/N-ethyl adjacent to an activating group) is 1. The Kier molecular flexibility index (Phi) is 3.83. The third kappa shape index (κ3) is 6.36. The average molecular weight is 700 g/mol. The van der Waals surface area contributed by atoms with Gasteiger partial charge in [-0.1, -0.05) is 19.9 Å². The highest BCUT2D eigenvalue weighted by molar-refractivity contribution is 5.93. The van der Waals surface area contributed by atoms with Gasteiger partial charge >= 0.3 is 0 Å². The Morgan fingerprint density at radius 1 is 1.23 bits per heavy atom. The van der Waals surface area contributed by atoms with Gasteiger partial charge in [0.2, 0.25) is 5.91 Å². The van der Waals surface area contributed by atoms with E-state index in [0.717, 1.165) is 34.2 Å². The number of rotatable bonds is 11. The van der Waals surface area contributed by atoms with Crippen molar-refractivity contribution < 1.29 is 176 Å². The minimum Gasteiger partial charge on any atom is -0.506 e. The van der Waals surface area contributed by atoms with Gasteiger partial charge in [-0.3, -0.25) is 9.69 Å². The van der Waals surface area contributed by atoms with Crippen LogP contribution in [0.3, 0.4) is 0 Å². The van der Waals surface area contributed by atoms with E-state index in [1.807, 2.05) is 33.8 Å². The van der Waals surface area contributed by atoms with Gasteiger partial charge in [-0.15, -0.1) is 0 Å². The molecular weight excluding hydrogens is 440 g/mol. The molecule has 0 saturated heterocycles. The first-order chi connectivity index (χ1) is 36.3. The molecule has 1 unspecified atom stereocenters. The summed E-state index contributed by atoms with van der Waals surface area (Å²) in [5, 5.41) is 10.5. The molecule has 1 N–H and O–H groups in total. The summed E-state index contributed by atoms with van der Waals surface area (Å²) in [4.78, 5) is 15.7. The normalized spacial score (nSPS) is 19.2.